The van der Waals surface area contributed by atoms with Crippen molar-refractivity contribution in [2.45, 2.75) is 19.4 Å². The minimum atomic E-state index is -0.296. The predicted octanol–water partition coefficient (Wildman–Crippen LogP) is 1.92. The van der Waals surface area contributed by atoms with Crippen molar-refractivity contribution < 1.29 is 9.13 Å². The van der Waals surface area contributed by atoms with Crippen molar-refractivity contribution in [3.63, 3.8) is 0 Å². The van der Waals surface area contributed by atoms with Crippen LogP contribution < -0.4 is 11.2 Å². The topological polar surface area (TPSA) is 59.6 Å². The van der Waals surface area contributed by atoms with Crippen LogP contribution in [0, 0.1) is 11.7 Å². The summed E-state index contributed by atoms with van der Waals surface area (Å²) in [6, 6.07) is 4.87. The monoisotopic (exact) mass is 281 g/mol. The Labute approximate surface area is 116 Å². The Kier molecular flexibility index (Phi) is 4.81. The molecule has 0 bridgehead atoms. The lowest BCUT2D eigenvalue weighted by Gasteiger charge is -2.05. The van der Waals surface area contributed by atoms with E-state index < -0.39 is 0 Å². The van der Waals surface area contributed by atoms with Gasteiger partial charge in [-0.25, -0.2) is 4.39 Å². The zero-order valence-corrected chi connectivity index (χ0v) is 11.3. The van der Waals surface area contributed by atoms with Crippen LogP contribution in [0.5, 0.6) is 0 Å². The highest BCUT2D eigenvalue weighted by Crippen LogP contribution is 2.29. The van der Waals surface area contributed by atoms with Crippen LogP contribution in [-0.2, 0) is 11.3 Å². The Bertz CT molecular complexity index is 489. The van der Waals surface area contributed by atoms with E-state index in [2.05, 4.69) is 22.7 Å². The summed E-state index contributed by atoms with van der Waals surface area (Å²) >= 11 is 4.59. The molecule has 1 aromatic rings. The molecule has 1 aromatic carbocycles. The molecular weight excluding hydrogens is 265 g/mol. The molecule has 0 amide bonds. The number of nitrogens with zero attached hydrogens (tertiary/aromatic N) is 1. The van der Waals surface area contributed by atoms with E-state index in [0.717, 1.165) is 6.61 Å². The van der Waals surface area contributed by atoms with Gasteiger partial charge >= 0.3 is 0 Å². The Morgan fingerprint density at radius 3 is 3.00 bits per heavy atom. The molecule has 102 valence electrons. The summed E-state index contributed by atoms with van der Waals surface area (Å²) in [5.41, 5.74) is 8.81. The van der Waals surface area contributed by atoms with Gasteiger partial charge in [0.25, 0.3) is 0 Å². The van der Waals surface area contributed by atoms with Crippen LogP contribution in [0.3, 0.4) is 0 Å². The molecule has 0 aromatic heterocycles. The number of nitrogens with one attached hydrogen (secondary N) is 1. The normalized spacial score (nSPS) is 14.8. The fraction of sp³-hybridized carbons (Fsp3) is 0.385. The minimum absolute atomic E-state index is 0.0711. The molecule has 4 nitrogen and oxygen atoms in total. The van der Waals surface area contributed by atoms with Gasteiger partial charge in [0.2, 0.25) is 0 Å². The first-order valence-corrected chi connectivity index (χ1v) is 6.50. The number of hydrazone groups is 1. The van der Waals surface area contributed by atoms with Gasteiger partial charge in [-0.15, -0.1) is 0 Å². The number of nitrogens with two attached hydrogens (primary N) is 1. The summed E-state index contributed by atoms with van der Waals surface area (Å²) in [5, 5.41) is 3.84. The molecule has 0 radical (unpaired) electrons. The van der Waals surface area contributed by atoms with Crippen LogP contribution in [-0.4, -0.2) is 17.9 Å². The van der Waals surface area contributed by atoms with Gasteiger partial charge in [0.15, 0.2) is 5.11 Å². The van der Waals surface area contributed by atoms with Crippen molar-refractivity contribution in [1.82, 2.24) is 5.43 Å². The number of rotatable bonds is 6. The maximum atomic E-state index is 13.8. The van der Waals surface area contributed by atoms with E-state index in [4.69, 9.17) is 10.5 Å². The average molecular weight is 281 g/mol. The Balaban J connectivity index is 1.87. The quantitative estimate of drug-likeness (QED) is 0.475. The second kappa shape index (κ2) is 6.58. The number of thiocarbonyl (C=S) groups is 1. The fourth-order valence-corrected chi connectivity index (χ4v) is 1.60. The lowest BCUT2D eigenvalue weighted by atomic mass is 10.1. The van der Waals surface area contributed by atoms with Crippen LogP contribution in [0.4, 0.5) is 4.39 Å². The van der Waals surface area contributed by atoms with E-state index in [0.29, 0.717) is 23.7 Å². The highest BCUT2D eigenvalue weighted by molar-refractivity contribution is 7.80. The molecule has 0 saturated heterocycles. The van der Waals surface area contributed by atoms with Gasteiger partial charge < -0.3 is 10.5 Å². The maximum Gasteiger partial charge on any atom is 0.184 e. The highest BCUT2D eigenvalue weighted by atomic mass is 32.1. The zero-order valence-electron chi connectivity index (χ0n) is 10.4. The molecule has 1 fully saturated rings. The van der Waals surface area contributed by atoms with Crippen LogP contribution in [0.15, 0.2) is 23.3 Å². The SMILES string of the molecule is NC(=S)NN=Cc1ccc(COCC2CC2)c(F)c1. The Hall–Kier alpha value is -1.53. The average Bonchev–Trinajstić information content (AvgIpc) is 3.15. The first-order valence-electron chi connectivity index (χ1n) is 6.10. The molecule has 2 rings (SSSR count). The van der Waals surface area contributed by atoms with E-state index in [9.17, 15) is 4.39 Å². The maximum absolute atomic E-state index is 13.8. The third-order valence-electron chi connectivity index (χ3n) is 2.77. The molecular formula is C13H16FN3OS. The van der Waals surface area contributed by atoms with Crippen LogP contribution >= 0.6 is 12.2 Å². The third-order valence-corrected chi connectivity index (χ3v) is 2.86. The lowest BCUT2D eigenvalue weighted by Crippen LogP contribution is -2.24. The molecule has 1 saturated carbocycles. The smallest absolute Gasteiger partial charge is 0.184 e. The molecule has 0 aliphatic heterocycles. The molecule has 0 unspecified atom stereocenters. The van der Waals surface area contributed by atoms with Gasteiger partial charge in [0.05, 0.1) is 12.8 Å². The van der Waals surface area contributed by atoms with Crippen molar-refractivity contribution in [3.05, 3.63) is 35.1 Å². The van der Waals surface area contributed by atoms with E-state index in [1.165, 1.54) is 25.1 Å². The largest absolute Gasteiger partial charge is 0.376 e. The first kappa shape index (κ1) is 13.9. The lowest BCUT2D eigenvalue weighted by molar-refractivity contribution is 0.109. The molecule has 3 N–H and O–H groups in total. The minimum Gasteiger partial charge on any atom is -0.376 e. The van der Waals surface area contributed by atoms with Gasteiger partial charge in [-0.05, 0) is 42.6 Å². The molecule has 1 aliphatic carbocycles. The number of hydrogen-bond donors (Lipinski definition) is 2. The van der Waals surface area contributed by atoms with E-state index in [-0.39, 0.29) is 10.9 Å². The molecule has 0 atom stereocenters. The summed E-state index contributed by atoms with van der Waals surface area (Å²) in [7, 11) is 0. The summed E-state index contributed by atoms with van der Waals surface area (Å²) in [6.07, 6.45) is 3.92. The van der Waals surface area contributed by atoms with Crippen molar-refractivity contribution in [2.75, 3.05) is 6.61 Å². The van der Waals surface area contributed by atoms with Gasteiger partial charge in [-0.2, -0.15) is 5.10 Å². The third kappa shape index (κ3) is 4.92. The van der Waals surface area contributed by atoms with Crippen LogP contribution in [0.25, 0.3) is 0 Å². The van der Waals surface area contributed by atoms with Crippen molar-refractivity contribution in [2.24, 2.45) is 16.8 Å². The first-order chi connectivity index (χ1) is 9.15. The fourth-order valence-electron chi connectivity index (χ4n) is 1.55. The number of hydrogen-bond acceptors (Lipinski definition) is 3. The number of ether oxygens (including phenoxy) is 1. The van der Waals surface area contributed by atoms with Gasteiger partial charge in [-0.3, -0.25) is 5.43 Å². The Morgan fingerprint density at radius 1 is 1.58 bits per heavy atom. The molecule has 0 heterocycles. The number of halogens is 1. The molecule has 1 aliphatic rings. The van der Waals surface area contributed by atoms with E-state index in [1.54, 1.807) is 12.1 Å². The summed E-state index contributed by atoms with van der Waals surface area (Å²) in [6.45, 7) is 1.03. The summed E-state index contributed by atoms with van der Waals surface area (Å²) < 4.78 is 19.2. The Morgan fingerprint density at radius 2 is 2.37 bits per heavy atom. The predicted molar refractivity (Wildman–Crippen MR) is 76.3 cm³/mol. The number of benzene rings is 1. The molecule has 19 heavy (non-hydrogen) atoms. The van der Waals surface area contributed by atoms with Gasteiger partial charge in [0.1, 0.15) is 5.82 Å². The van der Waals surface area contributed by atoms with Crippen molar-refractivity contribution >= 4 is 23.5 Å². The van der Waals surface area contributed by atoms with Gasteiger partial charge in [0, 0.05) is 12.2 Å². The summed E-state index contributed by atoms with van der Waals surface area (Å²) in [4.78, 5) is 0. The standard InChI is InChI=1S/C13H16FN3OS/c14-12-5-10(6-16-17-13(15)19)3-4-11(12)8-18-7-9-1-2-9/h3-6,9H,1-2,7-8H2,(H3,15,17,19). The highest BCUT2D eigenvalue weighted by Gasteiger charge is 2.21. The van der Waals surface area contributed by atoms with Gasteiger partial charge in [-0.1, -0.05) is 12.1 Å². The second-order valence-electron chi connectivity index (χ2n) is 4.54. The van der Waals surface area contributed by atoms with Crippen LogP contribution in [0.2, 0.25) is 0 Å². The molecule has 6 heteroatoms. The van der Waals surface area contributed by atoms with E-state index >= 15 is 0 Å². The second-order valence-corrected chi connectivity index (χ2v) is 4.98. The van der Waals surface area contributed by atoms with Crippen LogP contribution in [0.1, 0.15) is 24.0 Å². The van der Waals surface area contributed by atoms with Crippen molar-refractivity contribution in [1.29, 1.82) is 0 Å². The molecule has 0 spiro atoms. The van der Waals surface area contributed by atoms with Crippen molar-refractivity contribution in [3.8, 4) is 0 Å². The van der Waals surface area contributed by atoms with E-state index in [1.807, 2.05) is 0 Å². The zero-order chi connectivity index (χ0) is 13.7. The summed E-state index contributed by atoms with van der Waals surface area (Å²) in [5.74, 6) is 0.385.